The number of tetrazole rings is 1. The molecule has 1 aromatic carbocycles. The van der Waals surface area contributed by atoms with Gasteiger partial charge in [0.1, 0.15) is 17.1 Å². The highest BCUT2D eigenvalue weighted by atomic mass is 32.2. The van der Waals surface area contributed by atoms with E-state index in [1.807, 2.05) is 12.1 Å². The van der Waals surface area contributed by atoms with Crippen LogP contribution in [0.3, 0.4) is 0 Å². The van der Waals surface area contributed by atoms with Crippen LogP contribution >= 0.6 is 23.5 Å². The summed E-state index contributed by atoms with van der Waals surface area (Å²) >= 11 is 2.27. The number of aliphatic carboxylic acids is 2. The monoisotopic (exact) mass is 669 g/mol. The van der Waals surface area contributed by atoms with Gasteiger partial charge in [0.05, 0.1) is 6.42 Å². The molecule has 6 N–H and O–H groups in total. The Kier molecular flexibility index (Phi) is 10.8. The van der Waals surface area contributed by atoms with Gasteiger partial charge < -0.3 is 21.3 Å². The molecule has 234 valence electrons. The fourth-order valence-electron chi connectivity index (χ4n) is 3.76. The molecule has 16 nitrogen and oxygen atoms in total. The number of fused-ring (bicyclic) bond motifs is 1. The molecule has 2 aliphatic rings. The molecule has 0 bridgehead atoms. The molecule has 1 fully saturated rings. The Morgan fingerprint density at radius 2 is 1.86 bits per heavy atom. The summed E-state index contributed by atoms with van der Waals surface area (Å²) in [5.74, 6) is -5.49. The first kappa shape index (κ1) is 33.8. The third-order valence-electron chi connectivity index (χ3n) is 5.56. The van der Waals surface area contributed by atoms with Crippen molar-refractivity contribution in [2.24, 2.45) is 5.73 Å². The Morgan fingerprint density at radius 3 is 2.44 bits per heavy atom. The first-order chi connectivity index (χ1) is 20.0. The fourth-order valence-corrected chi connectivity index (χ4v) is 6.68. The lowest BCUT2D eigenvalue weighted by Gasteiger charge is -2.49. The molecule has 22 heteroatoms. The van der Waals surface area contributed by atoms with Gasteiger partial charge in [0.15, 0.2) is 5.88 Å². The van der Waals surface area contributed by atoms with Crippen LogP contribution in [0.25, 0.3) is 0 Å². The first-order valence-corrected chi connectivity index (χ1v) is 15.3. The second kappa shape index (κ2) is 13.7. The summed E-state index contributed by atoms with van der Waals surface area (Å²) in [5.41, 5.74) is 7.47. The van der Waals surface area contributed by atoms with Gasteiger partial charge in [-0.15, -0.1) is 16.9 Å². The van der Waals surface area contributed by atoms with E-state index in [2.05, 4.69) is 20.8 Å². The predicted molar refractivity (Wildman–Crippen MR) is 142 cm³/mol. The van der Waals surface area contributed by atoms with Gasteiger partial charge in [-0.2, -0.15) is 21.6 Å². The van der Waals surface area contributed by atoms with Crippen molar-refractivity contribution in [2.45, 2.75) is 41.6 Å². The average molecular weight is 670 g/mol. The molecule has 1 saturated heterocycles. The molecule has 0 spiro atoms. The van der Waals surface area contributed by atoms with Crippen molar-refractivity contribution < 1.29 is 55.5 Å². The topological polar surface area (TPSA) is 248 Å². The molecular weight excluding hydrogens is 647 g/mol. The van der Waals surface area contributed by atoms with E-state index >= 15 is 0 Å². The number of alkyl halides is 3. The normalized spacial score (nSPS) is 18.3. The third kappa shape index (κ3) is 8.89. The van der Waals surface area contributed by atoms with Gasteiger partial charge in [0.25, 0.3) is 16.0 Å². The molecule has 0 saturated carbocycles. The van der Waals surface area contributed by atoms with Gasteiger partial charge in [-0.05, 0) is 27.1 Å². The lowest BCUT2D eigenvalue weighted by atomic mass is 10.0. The number of thioether (sulfide) groups is 2. The standard InChI is InChI=1S/C19H21N7O7S3.C2HF3O2/c20-6-11-3-1-2-10(4-11)5-13(27)21-14-16(28)26-15(18(29)30)12(7-34-17(14)26)8-35-19-22-23-24-25(19)9-36(31,32)33;3-2(4,5)1(6)7/h1-4,14,17H,5-9,20H2,(H,21,27)(H,29,30)(H,31,32,33);(H,6,7)/t14?,17-;/m1./s1. The molecule has 3 heterocycles. The number of aromatic nitrogens is 4. The van der Waals surface area contributed by atoms with Crippen LogP contribution in [0.2, 0.25) is 0 Å². The quantitative estimate of drug-likeness (QED) is 0.124. The number of nitrogens with one attached hydrogen (secondary N) is 1. The number of carboxylic acid groups (broad SMARTS) is 2. The molecule has 2 atom stereocenters. The lowest BCUT2D eigenvalue weighted by Crippen LogP contribution is -2.70. The highest BCUT2D eigenvalue weighted by Gasteiger charge is 2.54. The maximum Gasteiger partial charge on any atom is 0.490 e. The average Bonchev–Trinajstić information content (AvgIpc) is 3.34. The number of halogens is 3. The number of nitrogens with two attached hydrogens (primary N) is 1. The highest BCUT2D eigenvalue weighted by Crippen LogP contribution is 2.41. The molecule has 0 aliphatic carbocycles. The van der Waals surface area contributed by atoms with Crippen molar-refractivity contribution in [2.75, 3.05) is 11.5 Å². The van der Waals surface area contributed by atoms with Crippen LogP contribution < -0.4 is 11.1 Å². The van der Waals surface area contributed by atoms with Gasteiger partial charge in [-0.3, -0.25) is 19.0 Å². The predicted octanol–water partition coefficient (Wildman–Crippen LogP) is -0.316. The summed E-state index contributed by atoms with van der Waals surface area (Å²) in [4.78, 5) is 47.4. The van der Waals surface area contributed by atoms with Gasteiger partial charge >= 0.3 is 18.1 Å². The number of hydrogen-bond acceptors (Lipinski definition) is 12. The van der Waals surface area contributed by atoms with E-state index in [9.17, 15) is 41.1 Å². The zero-order chi connectivity index (χ0) is 32.1. The van der Waals surface area contributed by atoms with Gasteiger partial charge in [-0.25, -0.2) is 14.3 Å². The summed E-state index contributed by atoms with van der Waals surface area (Å²) in [6.07, 6.45) is -5.03. The van der Waals surface area contributed by atoms with Crippen LogP contribution in [-0.2, 0) is 48.1 Å². The van der Waals surface area contributed by atoms with Crippen LogP contribution in [0.4, 0.5) is 13.2 Å². The Labute approximate surface area is 248 Å². The minimum absolute atomic E-state index is 0.0516. The van der Waals surface area contributed by atoms with Crippen LogP contribution in [0, 0.1) is 0 Å². The van der Waals surface area contributed by atoms with E-state index in [4.69, 9.17) is 20.2 Å². The Balaban J connectivity index is 0.000000646. The van der Waals surface area contributed by atoms with Crippen LogP contribution in [0.15, 0.2) is 40.7 Å². The number of nitrogens with zero attached hydrogens (tertiary/aromatic N) is 5. The van der Waals surface area contributed by atoms with E-state index in [0.29, 0.717) is 12.1 Å². The fraction of sp³-hybridized carbons (Fsp3) is 0.381. The molecule has 0 radical (unpaired) electrons. The first-order valence-electron chi connectivity index (χ1n) is 11.6. The minimum Gasteiger partial charge on any atom is -0.477 e. The van der Waals surface area contributed by atoms with Crippen molar-refractivity contribution in [3.8, 4) is 0 Å². The number of amides is 2. The largest absolute Gasteiger partial charge is 0.490 e. The number of hydrogen-bond donors (Lipinski definition) is 5. The number of β-lactam (4-membered cyclic amide) rings is 1. The van der Waals surface area contributed by atoms with Gasteiger partial charge in [-0.1, -0.05) is 36.0 Å². The molecule has 2 aromatic rings. The number of carbonyl (C=O) groups excluding carboxylic acids is 2. The molecule has 4 rings (SSSR count). The Hall–Kier alpha value is -3.73. The maximum absolute atomic E-state index is 12.8. The van der Waals surface area contributed by atoms with Crippen molar-refractivity contribution in [3.63, 3.8) is 0 Å². The van der Waals surface area contributed by atoms with Crippen LogP contribution in [-0.4, -0.2) is 101 Å². The summed E-state index contributed by atoms with van der Waals surface area (Å²) < 4.78 is 63.9. The van der Waals surface area contributed by atoms with E-state index < -0.39 is 51.4 Å². The molecular formula is C21H22F3N7O9S3. The molecule has 2 aliphatic heterocycles. The summed E-state index contributed by atoms with van der Waals surface area (Å²) in [6.45, 7) is 0.338. The second-order valence-electron chi connectivity index (χ2n) is 8.68. The molecule has 1 aromatic heterocycles. The number of carbonyl (C=O) groups is 4. The van der Waals surface area contributed by atoms with Crippen molar-refractivity contribution >= 4 is 57.4 Å². The van der Waals surface area contributed by atoms with Crippen molar-refractivity contribution in [1.29, 1.82) is 0 Å². The number of rotatable bonds is 10. The van der Waals surface area contributed by atoms with Crippen molar-refractivity contribution in [3.05, 3.63) is 46.7 Å². The Morgan fingerprint density at radius 1 is 1.21 bits per heavy atom. The summed E-state index contributed by atoms with van der Waals surface area (Å²) in [7, 11) is -4.39. The number of benzene rings is 1. The van der Waals surface area contributed by atoms with Gasteiger partial charge in [0, 0.05) is 18.1 Å². The van der Waals surface area contributed by atoms with E-state index in [1.165, 1.54) is 11.8 Å². The smallest absolute Gasteiger partial charge is 0.477 e. The Bertz CT molecular complexity index is 1550. The number of carboxylic acids is 2. The molecule has 1 unspecified atom stereocenters. The molecule has 43 heavy (non-hydrogen) atoms. The maximum atomic E-state index is 12.8. The van der Waals surface area contributed by atoms with E-state index in [-0.39, 0.29) is 34.7 Å². The minimum atomic E-state index is -5.08. The summed E-state index contributed by atoms with van der Waals surface area (Å²) in [6, 6.07) is 6.38. The van der Waals surface area contributed by atoms with Crippen LogP contribution in [0.5, 0.6) is 0 Å². The van der Waals surface area contributed by atoms with Crippen molar-refractivity contribution in [1.82, 2.24) is 30.4 Å². The molecule has 2 amide bonds. The SMILES string of the molecule is NCc1cccc(CC(=O)NC2C(=O)N3C(C(=O)O)=C(CSc4nnnn4CS(=O)(=O)O)CS[C@H]23)c1.O=C(O)C(F)(F)F. The third-order valence-corrected chi connectivity index (χ3v) is 8.51. The zero-order valence-corrected chi connectivity index (χ0v) is 23.9. The highest BCUT2D eigenvalue weighted by molar-refractivity contribution is 8.01. The lowest BCUT2D eigenvalue weighted by molar-refractivity contribution is -0.192. The van der Waals surface area contributed by atoms with E-state index in [0.717, 1.165) is 32.5 Å². The zero-order valence-electron chi connectivity index (χ0n) is 21.5. The van der Waals surface area contributed by atoms with E-state index in [1.54, 1.807) is 12.1 Å². The van der Waals surface area contributed by atoms with Crippen LogP contribution in [0.1, 0.15) is 11.1 Å². The second-order valence-corrected chi connectivity index (χ2v) is 12.1. The summed E-state index contributed by atoms with van der Waals surface area (Å²) in [5, 5.41) is 29.7. The van der Waals surface area contributed by atoms with Gasteiger partial charge in [0.2, 0.25) is 11.1 Å².